The standard InChI is InChI=1S/C21H21N3O3/c1-14-17(24-21(27-14)16-10-6-3-7-11-16)13-19(25)23-18(20(22)26)12-15-8-4-2-5-9-15/h2-11,18H,12-13H2,1H3,(H2,22,26)(H,23,25). The number of primary amides is 1. The summed E-state index contributed by atoms with van der Waals surface area (Å²) in [4.78, 5) is 28.5. The summed E-state index contributed by atoms with van der Waals surface area (Å²) in [5.41, 5.74) is 7.75. The van der Waals surface area contributed by atoms with Crippen LogP contribution in [0.25, 0.3) is 11.5 Å². The van der Waals surface area contributed by atoms with Crippen molar-refractivity contribution in [1.29, 1.82) is 0 Å². The number of aryl methyl sites for hydroxylation is 1. The van der Waals surface area contributed by atoms with Crippen LogP contribution in [0, 0.1) is 6.92 Å². The predicted molar refractivity (Wildman–Crippen MR) is 102 cm³/mol. The van der Waals surface area contributed by atoms with E-state index in [0.29, 0.717) is 23.8 Å². The van der Waals surface area contributed by atoms with Crippen LogP contribution in [0.2, 0.25) is 0 Å². The molecule has 3 N–H and O–H groups in total. The quantitative estimate of drug-likeness (QED) is 0.673. The van der Waals surface area contributed by atoms with E-state index in [-0.39, 0.29) is 12.3 Å². The van der Waals surface area contributed by atoms with Gasteiger partial charge in [0, 0.05) is 12.0 Å². The number of nitrogens with one attached hydrogen (secondary N) is 1. The van der Waals surface area contributed by atoms with E-state index in [0.717, 1.165) is 11.1 Å². The van der Waals surface area contributed by atoms with Gasteiger partial charge < -0.3 is 15.5 Å². The molecule has 0 saturated heterocycles. The first-order valence-corrected chi connectivity index (χ1v) is 8.67. The molecule has 6 nitrogen and oxygen atoms in total. The number of benzene rings is 2. The van der Waals surface area contributed by atoms with Crippen molar-refractivity contribution < 1.29 is 14.0 Å². The molecule has 0 fully saturated rings. The summed E-state index contributed by atoms with van der Waals surface area (Å²) in [6.45, 7) is 1.76. The minimum Gasteiger partial charge on any atom is -0.441 e. The number of aromatic nitrogens is 1. The van der Waals surface area contributed by atoms with Gasteiger partial charge in [-0.2, -0.15) is 0 Å². The molecule has 2 aromatic carbocycles. The Morgan fingerprint density at radius 1 is 1.07 bits per heavy atom. The number of carbonyl (C=O) groups excluding carboxylic acids is 2. The molecule has 3 rings (SSSR count). The average molecular weight is 363 g/mol. The first-order valence-electron chi connectivity index (χ1n) is 8.67. The summed E-state index contributed by atoms with van der Waals surface area (Å²) in [5, 5.41) is 2.69. The van der Waals surface area contributed by atoms with E-state index in [2.05, 4.69) is 10.3 Å². The third-order valence-electron chi connectivity index (χ3n) is 4.20. The molecular formula is C21H21N3O3. The molecule has 0 bridgehead atoms. The van der Waals surface area contributed by atoms with E-state index in [9.17, 15) is 9.59 Å². The maximum Gasteiger partial charge on any atom is 0.240 e. The maximum absolute atomic E-state index is 12.4. The fraction of sp³-hybridized carbons (Fsp3) is 0.190. The second kappa shape index (κ2) is 8.31. The van der Waals surface area contributed by atoms with Gasteiger partial charge in [-0.1, -0.05) is 48.5 Å². The lowest BCUT2D eigenvalue weighted by atomic mass is 10.1. The zero-order chi connectivity index (χ0) is 19.2. The highest BCUT2D eigenvalue weighted by Crippen LogP contribution is 2.21. The molecule has 1 unspecified atom stereocenters. The van der Waals surface area contributed by atoms with Gasteiger partial charge in [-0.15, -0.1) is 0 Å². The first kappa shape index (κ1) is 18.4. The molecule has 138 valence electrons. The summed E-state index contributed by atoms with van der Waals surface area (Å²) in [5.74, 6) is 0.133. The number of amides is 2. The number of oxazole rings is 1. The van der Waals surface area contributed by atoms with Crippen LogP contribution in [0.5, 0.6) is 0 Å². The molecule has 1 heterocycles. The molecule has 27 heavy (non-hydrogen) atoms. The third kappa shape index (κ3) is 4.82. The number of rotatable bonds is 7. The van der Waals surface area contributed by atoms with Crippen LogP contribution in [0.15, 0.2) is 65.1 Å². The van der Waals surface area contributed by atoms with E-state index < -0.39 is 11.9 Å². The Morgan fingerprint density at radius 3 is 2.33 bits per heavy atom. The lowest BCUT2D eigenvalue weighted by Gasteiger charge is -2.15. The van der Waals surface area contributed by atoms with Gasteiger partial charge in [0.2, 0.25) is 17.7 Å². The zero-order valence-electron chi connectivity index (χ0n) is 15.0. The molecule has 0 saturated carbocycles. The van der Waals surface area contributed by atoms with Crippen molar-refractivity contribution in [2.24, 2.45) is 5.73 Å². The normalized spacial score (nSPS) is 11.7. The Hall–Kier alpha value is -3.41. The van der Waals surface area contributed by atoms with E-state index >= 15 is 0 Å². The lowest BCUT2D eigenvalue weighted by molar-refractivity contribution is -0.127. The van der Waals surface area contributed by atoms with E-state index in [1.807, 2.05) is 60.7 Å². The van der Waals surface area contributed by atoms with Crippen LogP contribution in [-0.2, 0) is 22.4 Å². The van der Waals surface area contributed by atoms with E-state index in [4.69, 9.17) is 10.2 Å². The van der Waals surface area contributed by atoms with Crippen LogP contribution in [0.3, 0.4) is 0 Å². The van der Waals surface area contributed by atoms with Gasteiger partial charge in [0.1, 0.15) is 11.8 Å². The molecule has 1 aromatic heterocycles. The topological polar surface area (TPSA) is 98.2 Å². The Bertz CT molecular complexity index is 920. The van der Waals surface area contributed by atoms with Crippen LogP contribution in [0.4, 0.5) is 0 Å². The predicted octanol–water partition coefficient (Wildman–Crippen LogP) is 2.41. The fourth-order valence-corrected chi connectivity index (χ4v) is 2.77. The zero-order valence-corrected chi connectivity index (χ0v) is 15.0. The lowest BCUT2D eigenvalue weighted by Crippen LogP contribution is -2.46. The highest BCUT2D eigenvalue weighted by molar-refractivity contribution is 5.87. The van der Waals surface area contributed by atoms with Gasteiger partial charge in [-0.3, -0.25) is 9.59 Å². The Labute approximate surface area is 157 Å². The van der Waals surface area contributed by atoms with Crippen LogP contribution in [0.1, 0.15) is 17.0 Å². The Balaban J connectivity index is 1.67. The highest BCUT2D eigenvalue weighted by Gasteiger charge is 2.21. The smallest absolute Gasteiger partial charge is 0.240 e. The third-order valence-corrected chi connectivity index (χ3v) is 4.20. The van der Waals surface area contributed by atoms with E-state index in [1.165, 1.54) is 0 Å². The largest absolute Gasteiger partial charge is 0.441 e. The van der Waals surface area contributed by atoms with E-state index in [1.54, 1.807) is 6.92 Å². The molecule has 6 heteroatoms. The number of nitrogens with two attached hydrogens (primary N) is 1. The van der Waals surface area contributed by atoms with Crippen molar-refractivity contribution in [3.8, 4) is 11.5 Å². The molecule has 2 amide bonds. The van der Waals surface area contributed by atoms with Gasteiger partial charge in [0.15, 0.2) is 0 Å². The van der Waals surface area contributed by atoms with Gasteiger partial charge >= 0.3 is 0 Å². The Kier molecular flexibility index (Phi) is 5.66. The van der Waals surface area contributed by atoms with Crippen molar-refractivity contribution in [2.45, 2.75) is 25.8 Å². The van der Waals surface area contributed by atoms with Gasteiger partial charge in [-0.25, -0.2) is 4.98 Å². The molecule has 1 atom stereocenters. The van der Waals surface area contributed by atoms with Crippen molar-refractivity contribution in [3.63, 3.8) is 0 Å². The van der Waals surface area contributed by atoms with Gasteiger partial charge in [0.05, 0.1) is 12.1 Å². The second-order valence-corrected chi connectivity index (χ2v) is 6.28. The minimum atomic E-state index is -0.777. The SMILES string of the molecule is Cc1oc(-c2ccccc2)nc1CC(=O)NC(Cc1ccccc1)C(N)=O. The summed E-state index contributed by atoms with van der Waals surface area (Å²) < 4.78 is 5.67. The fourth-order valence-electron chi connectivity index (χ4n) is 2.77. The van der Waals surface area contributed by atoms with Crippen molar-refractivity contribution in [3.05, 3.63) is 77.7 Å². The minimum absolute atomic E-state index is 0.0146. The highest BCUT2D eigenvalue weighted by atomic mass is 16.4. The van der Waals surface area contributed by atoms with Gasteiger partial charge in [0.25, 0.3) is 0 Å². The number of hydrogen-bond donors (Lipinski definition) is 2. The maximum atomic E-state index is 12.4. The molecular weight excluding hydrogens is 342 g/mol. The molecule has 0 radical (unpaired) electrons. The summed E-state index contributed by atoms with van der Waals surface area (Å²) in [6, 6.07) is 18.1. The van der Waals surface area contributed by atoms with Crippen molar-refractivity contribution in [1.82, 2.24) is 10.3 Å². The van der Waals surface area contributed by atoms with Crippen LogP contribution in [-0.4, -0.2) is 22.8 Å². The molecule has 0 aliphatic carbocycles. The average Bonchev–Trinajstić information content (AvgIpc) is 3.03. The first-order chi connectivity index (χ1) is 13.0. The molecule has 0 spiro atoms. The molecule has 0 aliphatic heterocycles. The van der Waals surface area contributed by atoms with Gasteiger partial charge in [-0.05, 0) is 24.6 Å². The Morgan fingerprint density at radius 2 is 1.70 bits per heavy atom. The van der Waals surface area contributed by atoms with Crippen molar-refractivity contribution >= 4 is 11.8 Å². The van der Waals surface area contributed by atoms with Crippen LogP contribution < -0.4 is 11.1 Å². The number of nitrogens with zero attached hydrogens (tertiary/aromatic N) is 1. The summed E-state index contributed by atoms with van der Waals surface area (Å²) >= 11 is 0. The summed E-state index contributed by atoms with van der Waals surface area (Å²) in [6.07, 6.45) is 0.357. The monoisotopic (exact) mass is 363 g/mol. The van der Waals surface area contributed by atoms with Crippen molar-refractivity contribution in [2.75, 3.05) is 0 Å². The van der Waals surface area contributed by atoms with Crippen LogP contribution >= 0.6 is 0 Å². The molecule has 3 aromatic rings. The number of hydrogen-bond acceptors (Lipinski definition) is 4. The number of carbonyl (C=O) groups is 2. The summed E-state index contributed by atoms with van der Waals surface area (Å²) in [7, 11) is 0. The second-order valence-electron chi connectivity index (χ2n) is 6.28. The molecule has 0 aliphatic rings.